The van der Waals surface area contributed by atoms with E-state index in [2.05, 4.69) is 9.88 Å². The molecule has 1 aliphatic heterocycles. The fourth-order valence-corrected chi connectivity index (χ4v) is 7.96. The number of carbonyl (C=O) groups excluding carboxylic acids is 5. The van der Waals surface area contributed by atoms with Crippen LogP contribution in [-0.2, 0) is 32.1 Å². The molecule has 2 saturated carbocycles. The van der Waals surface area contributed by atoms with Crippen molar-refractivity contribution >= 4 is 29.0 Å². The predicted octanol–water partition coefficient (Wildman–Crippen LogP) is 0.915. The number of piperidine rings is 1. The van der Waals surface area contributed by atoms with Crippen LogP contribution in [0.3, 0.4) is 0 Å². The van der Waals surface area contributed by atoms with Crippen molar-refractivity contribution in [2.45, 2.75) is 50.3 Å². The van der Waals surface area contributed by atoms with E-state index in [0.29, 0.717) is 28.9 Å². The summed E-state index contributed by atoms with van der Waals surface area (Å²) in [5.41, 5.74) is 5.04. The Balaban J connectivity index is 1.49. The van der Waals surface area contributed by atoms with Crippen molar-refractivity contribution in [1.82, 2.24) is 14.8 Å². The summed E-state index contributed by atoms with van der Waals surface area (Å²) in [7, 11) is 3.13. The van der Waals surface area contributed by atoms with Crippen LogP contribution in [0.4, 0.5) is 0 Å². The van der Waals surface area contributed by atoms with Gasteiger partial charge in [0.25, 0.3) is 0 Å². The number of rotatable bonds is 5. The molecule has 11 heteroatoms. The highest BCUT2D eigenvalue weighted by molar-refractivity contribution is 6.32. The second kappa shape index (κ2) is 10.7. The molecule has 2 aromatic rings. The molecule has 2 unspecified atom stereocenters. The average Bonchev–Trinajstić information content (AvgIpc) is 2.97. The third-order valence-corrected chi connectivity index (χ3v) is 9.92. The van der Waals surface area contributed by atoms with Gasteiger partial charge in [0, 0.05) is 29.8 Å². The first-order chi connectivity index (χ1) is 20.5. The van der Waals surface area contributed by atoms with Gasteiger partial charge >= 0.3 is 0 Å². The van der Waals surface area contributed by atoms with E-state index in [0.717, 1.165) is 32.4 Å². The number of aromatic nitrogens is 1. The molecule has 0 radical (unpaired) electrons. The van der Waals surface area contributed by atoms with Crippen LogP contribution < -0.4 is 5.73 Å². The number of ketones is 4. The molecule has 226 valence electrons. The van der Waals surface area contributed by atoms with Gasteiger partial charge < -0.3 is 15.9 Å². The first kappa shape index (κ1) is 29.3. The number of pyridine rings is 1. The van der Waals surface area contributed by atoms with Gasteiger partial charge in [0.15, 0.2) is 34.7 Å². The number of aliphatic hydroxyl groups is 1. The van der Waals surface area contributed by atoms with Crippen LogP contribution in [-0.4, -0.2) is 92.9 Å². The number of primary amides is 1. The van der Waals surface area contributed by atoms with E-state index in [4.69, 9.17) is 5.73 Å². The molecule has 43 heavy (non-hydrogen) atoms. The van der Waals surface area contributed by atoms with E-state index in [1.54, 1.807) is 26.4 Å². The average molecular weight is 589 g/mol. The number of amides is 1. The molecule has 2 heterocycles. The number of phenolic OH excluding ortho intramolecular Hbond substituents is 1. The minimum absolute atomic E-state index is 0.00163. The smallest absolute Gasteiger partial charge is 0.235 e. The summed E-state index contributed by atoms with van der Waals surface area (Å²) in [5, 5.41) is 23.4. The summed E-state index contributed by atoms with van der Waals surface area (Å²) >= 11 is 0. The van der Waals surface area contributed by atoms with Gasteiger partial charge in [-0.1, -0.05) is 12.5 Å². The standard InChI is InChI=1S/C32H36N4O7/c1-35(2)25-20-14-16-12-19-18(21-8-4-5-9-34-21)13-17(15-36-10-6-3-7-11-36)26(37)23(19)27(38)22(16)29(40)32(20,43)30(41)24(28(25)39)31(33)42/h4-5,8-9,13,16,20,22,24-25,37,43H,3,6-7,10-12,14-15H2,1-2H3,(H2,33,42)/t16-,20-,22?,24?,25+,32+/m0/s1. The Hall–Kier alpha value is -3.80. The molecule has 4 aliphatic rings. The van der Waals surface area contributed by atoms with Crippen LogP contribution in [0, 0.1) is 23.7 Å². The van der Waals surface area contributed by atoms with Crippen molar-refractivity contribution in [1.29, 1.82) is 0 Å². The Bertz CT molecular complexity index is 1530. The lowest BCUT2D eigenvalue weighted by molar-refractivity contribution is -0.181. The maximum Gasteiger partial charge on any atom is 0.235 e. The Morgan fingerprint density at radius 1 is 1.12 bits per heavy atom. The van der Waals surface area contributed by atoms with Crippen molar-refractivity contribution < 1.29 is 34.2 Å². The van der Waals surface area contributed by atoms with Crippen molar-refractivity contribution in [3.63, 3.8) is 0 Å². The number of nitrogens with zero attached hydrogens (tertiary/aromatic N) is 3. The van der Waals surface area contributed by atoms with E-state index < -0.39 is 64.4 Å². The summed E-state index contributed by atoms with van der Waals surface area (Å²) in [6, 6.07) is 6.17. The van der Waals surface area contributed by atoms with E-state index in [9.17, 15) is 34.2 Å². The Kier molecular flexibility index (Phi) is 7.30. The highest BCUT2D eigenvalue weighted by atomic mass is 16.3. The monoisotopic (exact) mass is 588 g/mol. The molecular formula is C32H36N4O7. The van der Waals surface area contributed by atoms with Crippen LogP contribution in [0.5, 0.6) is 5.75 Å². The number of hydrogen-bond donors (Lipinski definition) is 3. The number of likely N-dealkylation sites (tertiary alicyclic amines) is 1. The van der Waals surface area contributed by atoms with E-state index in [1.165, 1.54) is 4.90 Å². The summed E-state index contributed by atoms with van der Waals surface area (Å²) < 4.78 is 0. The number of benzene rings is 1. The van der Waals surface area contributed by atoms with Gasteiger partial charge in [-0.2, -0.15) is 0 Å². The maximum absolute atomic E-state index is 14.3. The maximum atomic E-state index is 14.3. The van der Waals surface area contributed by atoms with Crippen molar-refractivity contribution in [3.05, 3.63) is 47.2 Å². The van der Waals surface area contributed by atoms with Gasteiger partial charge in [-0.25, -0.2) is 0 Å². The molecule has 0 spiro atoms. The van der Waals surface area contributed by atoms with E-state index in [1.807, 2.05) is 18.2 Å². The topological polar surface area (TPSA) is 171 Å². The molecule has 0 bridgehead atoms. The number of fused-ring (bicyclic) bond motifs is 3. The lowest BCUT2D eigenvalue weighted by Crippen LogP contribution is -2.74. The Morgan fingerprint density at radius 3 is 2.47 bits per heavy atom. The Morgan fingerprint density at radius 2 is 1.84 bits per heavy atom. The van der Waals surface area contributed by atoms with Gasteiger partial charge in [0.05, 0.1) is 23.2 Å². The second-order valence-electron chi connectivity index (χ2n) is 12.6. The number of hydrogen-bond acceptors (Lipinski definition) is 10. The number of nitrogens with two attached hydrogens (primary N) is 1. The summed E-state index contributed by atoms with van der Waals surface area (Å²) in [6.45, 7) is 2.12. The molecule has 4 N–H and O–H groups in total. The fraction of sp³-hybridized carbons (Fsp3) is 0.500. The van der Waals surface area contributed by atoms with Crippen LogP contribution in [0.15, 0.2) is 30.5 Å². The molecular weight excluding hydrogens is 552 g/mol. The molecule has 3 fully saturated rings. The molecule has 6 atom stereocenters. The van der Waals surface area contributed by atoms with E-state index >= 15 is 0 Å². The van der Waals surface area contributed by atoms with Gasteiger partial charge in [0.1, 0.15) is 5.75 Å². The van der Waals surface area contributed by atoms with E-state index in [-0.39, 0.29) is 24.2 Å². The Labute approximate surface area is 249 Å². The number of phenols is 1. The van der Waals surface area contributed by atoms with Gasteiger partial charge in [-0.3, -0.25) is 38.8 Å². The van der Waals surface area contributed by atoms with Crippen LogP contribution >= 0.6 is 0 Å². The van der Waals surface area contributed by atoms with Crippen LogP contribution in [0.2, 0.25) is 0 Å². The summed E-state index contributed by atoms with van der Waals surface area (Å²) in [4.78, 5) is 75.8. The number of aromatic hydroxyl groups is 1. The third kappa shape index (κ3) is 4.44. The van der Waals surface area contributed by atoms with Crippen molar-refractivity contribution in [2.24, 2.45) is 29.4 Å². The van der Waals surface area contributed by atoms with Crippen molar-refractivity contribution in [2.75, 3.05) is 27.2 Å². The lowest BCUT2D eigenvalue weighted by atomic mass is 9.52. The summed E-state index contributed by atoms with van der Waals surface area (Å²) in [6.07, 6.45) is 5.04. The van der Waals surface area contributed by atoms with Crippen LogP contribution in [0.1, 0.15) is 47.2 Å². The first-order valence-corrected chi connectivity index (χ1v) is 14.8. The second-order valence-corrected chi connectivity index (χ2v) is 12.6. The highest BCUT2D eigenvalue weighted by Gasteiger charge is 2.69. The highest BCUT2D eigenvalue weighted by Crippen LogP contribution is 2.52. The normalized spacial score (nSPS) is 31.0. The molecule has 3 aliphatic carbocycles. The molecule has 1 saturated heterocycles. The van der Waals surface area contributed by atoms with Crippen molar-refractivity contribution in [3.8, 4) is 17.0 Å². The molecule has 1 amide bonds. The van der Waals surface area contributed by atoms with Gasteiger partial charge in [0.2, 0.25) is 5.91 Å². The van der Waals surface area contributed by atoms with Gasteiger partial charge in [-0.15, -0.1) is 0 Å². The largest absolute Gasteiger partial charge is 0.507 e. The molecule has 1 aromatic carbocycles. The molecule has 6 rings (SSSR count). The fourth-order valence-electron chi connectivity index (χ4n) is 7.96. The lowest BCUT2D eigenvalue weighted by Gasteiger charge is -2.52. The minimum atomic E-state index is -2.75. The zero-order valence-electron chi connectivity index (χ0n) is 24.3. The first-order valence-electron chi connectivity index (χ1n) is 14.8. The third-order valence-electron chi connectivity index (χ3n) is 9.92. The number of Topliss-reactive ketones (excluding diaryl/α,β-unsaturated/α-hetero) is 4. The molecule has 1 aromatic heterocycles. The quantitative estimate of drug-likeness (QED) is 0.427. The number of carbonyl (C=O) groups is 5. The zero-order valence-corrected chi connectivity index (χ0v) is 24.3. The number of likely N-dealkylation sites (N-methyl/N-ethyl adjacent to an activating group) is 1. The zero-order chi connectivity index (χ0) is 30.8. The molecule has 11 nitrogen and oxygen atoms in total. The minimum Gasteiger partial charge on any atom is -0.507 e. The predicted molar refractivity (Wildman–Crippen MR) is 154 cm³/mol. The van der Waals surface area contributed by atoms with Crippen LogP contribution in [0.25, 0.3) is 11.3 Å². The SMILES string of the molecule is CN(C)[C@H]1C(=O)C(C(N)=O)C(=O)[C@]2(O)C(=O)C3C(=O)c4c(O)c(CN5CCCCC5)cc(-c5ccccn5)c4C[C@H]3C[C@@H]12. The summed E-state index contributed by atoms with van der Waals surface area (Å²) in [5.74, 6) is -10.5. The van der Waals surface area contributed by atoms with Gasteiger partial charge in [-0.05, 0) is 82.5 Å².